The molecule has 2 N–H and O–H groups in total. The molecule has 162 valence electrons. The van der Waals surface area contributed by atoms with Gasteiger partial charge < -0.3 is 10.6 Å². The molecule has 0 fully saturated rings. The van der Waals surface area contributed by atoms with Crippen LogP contribution in [0, 0.1) is 0 Å². The molecular weight excluding hydrogens is 410 g/mol. The highest BCUT2D eigenvalue weighted by Gasteiger charge is 2.18. The van der Waals surface area contributed by atoms with Crippen molar-refractivity contribution < 1.29 is 13.2 Å². The predicted molar refractivity (Wildman–Crippen MR) is 128 cm³/mol. The van der Waals surface area contributed by atoms with Crippen LogP contribution in [0.3, 0.4) is 0 Å². The molecule has 0 aliphatic carbocycles. The zero-order valence-electron chi connectivity index (χ0n) is 18.1. The average Bonchev–Trinajstić information content (AvgIpc) is 2.73. The Labute approximate surface area is 184 Å². The van der Waals surface area contributed by atoms with Crippen molar-refractivity contribution in [1.29, 1.82) is 0 Å². The molecule has 0 aliphatic rings. The molecule has 3 aromatic carbocycles. The number of nitrogens with zero attached hydrogens (tertiary/aromatic N) is 1. The van der Waals surface area contributed by atoms with Crippen molar-refractivity contribution in [3.63, 3.8) is 0 Å². The summed E-state index contributed by atoms with van der Waals surface area (Å²) in [5.74, 6) is -0.308. The van der Waals surface area contributed by atoms with Crippen LogP contribution in [0.25, 0.3) is 11.1 Å². The molecule has 0 spiro atoms. The molecule has 1 amide bonds. The lowest BCUT2D eigenvalue weighted by molar-refractivity contribution is 0.102. The zero-order valence-corrected chi connectivity index (χ0v) is 18.9. The second-order valence-electron chi connectivity index (χ2n) is 7.66. The number of carbonyl (C=O) groups excluding carboxylic acids is 1. The lowest BCUT2D eigenvalue weighted by Crippen LogP contribution is -2.26. The van der Waals surface area contributed by atoms with Crippen LogP contribution in [0.2, 0.25) is 0 Å². The fraction of sp³-hybridized carbons (Fsp3) is 0.208. The Morgan fingerprint density at radius 1 is 0.903 bits per heavy atom. The van der Waals surface area contributed by atoms with Crippen LogP contribution < -0.4 is 14.9 Å². The maximum Gasteiger partial charge on any atom is 0.255 e. The Hall–Kier alpha value is -3.32. The summed E-state index contributed by atoms with van der Waals surface area (Å²) in [5, 5.41) is 6.22. The van der Waals surface area contributed by atoms with Crippen LogP contribution in [0.4, 0.5) is 17.1 Å². The molecule has 7 heteroatoms. The summed E-state index contributed by atoms with van der Waals surface area (Å²) in [6.07, 6.45) is 1.13. The molecule has 0 atom stereocenters. The van der Waals surface area contributed by atoms with Crippen LogP contribution in [-0.2, 0) is 10.0 Å². The first-order valence-electron chi connectivity index (χ1n) is 9.96. The summed E-state index contributed by atoms with van der Waals surface area (Å²) in [6.45, 7) is 4.15. The van der Waals surface area contributed by atoms with Crippen molar-refractivity contribution >= 4 is 33.0 Å². The maximum absolute atomic E-state index is 12.7. The molecule has 0 heterocycles. The van der Waals surface area contributed by atoms with Gasteiger partial charge in [0.1, 0.15) is 0 Å². The molecule has 0 radical (unpaired) electrons. The number of rotatable bonds is 7. The van der Waals surface area contributed by atoms with Gasteiger partial charge in [0.25, 0.3) is 5.91 Å². The van der Waals surface area contributed by atoms with Gasteiger partial charge in [0, 0.05) is 24.3 Å². The molecule has 3 rings (SSSR count). The van der Waals surface area contributed by atoms with E-state index in [9.17, 15) is 13.2 Å². The zero-order chi connectivity index (χ0) is 22.6. The predicted octanol–water partition coefficient (Wildman–Crippen LogP) is 4.82. The third kappa shape index (κ3) is 5.64. The number of hydrogen-bond donors (Lipinski definition) is 2. The van der Waals surface area contributed by atoms with Gasteiger partial charge in [-0.15, -0.1) is 0 Å². The fourth-order valence-electron chi connectivity index (χ4n) is 3.15. The average molecular weight is 438 g/mol. The Morgan fingerprint density at radius 2 is 1.52 bits per heavy atom. The fourth-order valence-corrected chi connectivity index (χ4v) is 3.66. The molecule has 0 unspecified atom stereocenters. The van der Waals surface area contributed by atoms with E-state index in [1.165, 1.54) is 7.05 Å². The first kappa shape index (κ1) is 22.4. The van der Waals surface area contributed by atoms with Crippen molar-refractivity contribution in [3.05, 3.63) is 78.4 Å². The van der Waals surface area contributed by atoms with Gasteiger partial charge >= 0.3 is 0 Å². The van der Waals surface area contributed by atoms with Crippen LogP contribution >= 0.6 is 0 Å². The highest BCUT2D eigenvalue weighted by molar-refractivity contribution is 7.92. The first-order chi connectivity index (χ1) is 14.6. The number of nitrogens with one attached hydrogen (secondary N) is 2. The normalized spacial score (nSPS) is 11.3. The van der Waals surface area contributed by atoms with Gasteiger partial charge in [-0.1, -0.05) is 36.4 Å². The summed E-state index contributed by atoms with van der Waals surface area (Å²) in [4.78, 5) is 12.7. The summed E-state index contributed by atoms with van der Waals surface area (Å²) >= 11 is 0. The van der Waals surface area contributed by atoms with Crippen molar-refractivity contribution in [2.75, 3.05) is 28.2 Å². The maximum atomic E-state index is 12.7. The second-order valence-corrected chi connectivity index (χ2v) is 9.67. The molecule has 0 aromatic heterocycles. The van der Waals surface area contributed by atoms with Crippen molar-refractivity contribution in [1.82, 2.24) is 0 Å². The minimum Gasteiger partial charge on any atom is -0.383 e. The number of hydrogen-bond acceptors (Lipinski definition) is 4. The highest BCUT2D eigenvalue weighted by atomic mass is 32.2. The Balaban J connectivity index is 1.99. The number of benzene rings is 3. The van der Waals surface area contributed by atoms with E-state index in [4.69, 9.17) is 0 Å². The van der Waals surface area contributed by atoms with E-state index < -0.39 is 10.0 Å². The van der Waals surface area contributed by atoms with Gasteiger partial charge in [0.15, 0.2) is 0 Å². The molecule has 6 nitrogen and oxygen atoms in total. The van der Waals surface area contributed by atoms with E-state index in [1.54, 1.807) is 36.4 Å². The second kappa shape index (κ2) is 9.22. The SMILES string of the molecule is CC(C)Nc1ccc(-c2ccc(N(C)S(C)(=O)=O)c(NC(=O)c3ccccc3)c2)cc1. The van der Waals surface area contributed by atoms with Gasteiger partial charge in [0.05, 0.1) is 17.6 Å². The lowest BCUT2D eigenvalue weighted by atomic mass is 10.0. The van der Waals surface area contributed by atoms with Crippen LogP contribution in [-0.4, -0.2) is 33.7 Å². The van der Waals surface area contributed by atoms with Gasteiger partial charge in [-0.25, -0.2) is 8.42 Å². The molecule has 3 aromatic rings. The lowest BCUT2D eigenvalue weighted by Gasteiger charge is -2.21. The van der Waals surface area contributed by atoms with Gasteiger partial charge in [-0.2, -0.15) is 0 Å². The first-order valence-corrected chi connectivity index (χ1v) is 11.8. The molecular formula is C24H27N3O3S. The van der Waals surface area contributed by atoms with Crippen molar-refractivity contribution in [3.8, 4) is 11.1 Å². The Kier molecular flexibility index (Phi) is 6.65. The van der Waals surface area contributed by atoms with Crippen LogP contribution in [0.5, 0.6) is 0 Å². The standard InChI is InChI=1S/C24H27N3O3S/c1-17(2)25-21-13-10-18(11-14-21)20-12-15-23(27(3)31(4,29)30)22(16-20)26-24(28)19-8-6-5-7-9-19/h5-17,25H,1-4H3,(H,26,28). The molecule has 0 saturated carbocycles. The third-order valence-corrected chi connectivity index (χ3v) is 5.98. The molecule has 0 aliphatic heterocycles. The number of amides is 1. The minimum atomic E-state index is -3.50. The van der Waals surface area contributed by atoms with E-state index in [0.29, 0.717) is 23.0 Å². The van der Waals surface area contributed by atoms with Crippen LogP contribution in [0.1, 0.15) is 24.2 Å². The van der Waals surface area contributed by atoms with E-state index in [-0.39, 0.29) is 5.91 Å². The van der Waals surface area contributed by atoms with Gasteiger partial charge in [0.2, 0.25) is 10.0 Å². The van der Waals surface area contributed by atoms with Crippen LogP contribution in [0.15, 0.2) is 72.8 Å². The monoisotopic (exact) mass is 437 g/mol. The molecule has 31 heavy (non-hydrogen) atoms. The number of carbonyl (C=O) groups is 1. The summed E-state index contributed by atoms with van der Waals surface area (Å²) in [7, 11) is -2.03. The highest BCUT2D eigenvalue weighted by Crippen LogP contribution is 2.33. The quantitative estimate of drug-likeness (QED) is 0.555. The van der Waals surface area contributed by atoms with Gasteiger partial charge in [-0.05, 0) is 61.4 Å². The summed E-state index contributed by atoms with van der Waals surface area (Å²) in [5.41, 5.74) is 4.15. The van der Waals surface area contributed by atoms with E-state index >= 15 is 0 Å². The van der Waals surface area contributed by atoms with Gasteiger partial charge in [-0.3, -0.25) is 9.10 Å². The summed E-state index contributed by atoms with van der Waals surface area (Å²) in [6, 6.07) is 22.4. The van der Waals surface area contributed by atoms with E-state index in [2.05, 4.69) is 24.5 Å². The summed E-state index contributed by atoms with van der Waals surface area (Å²) < 4.78 is 25.4. The number of anilines is 3. The Morgan fingerprint density at radius 3 is 2.10 bits per heavy atom. The van der Waals surface area contributed by atoms with E-state index in [1.807, 2.05) is 36.4 Å². The third-order valence-electron chi connectivity index (χ3n) is 4.79. The topological polar surface area (TPSA) is 78.5 Å². The van der Waals surface area contributed by atoms with Crippen molar-refractivity contribution in [2.45, 2.75) is 19.9 Å². The number of sulfonamides is 1. The minimum absolute atomic E-state index is 0.308. The molecule has 0 saturated heterocycles. The largest absolute Gasteiger partial charge is 0.383 e. The van der Waals surface area contributed by atoms with Crippen molar-refractivity contribution in [2.24, 2.45) is 0 Å². The molecule has 0 bridgehead atoms. The Bertz CT molecular complexity index is 1160. The smallest absolute Gasteiger partial charge is 0.255 e. The van der Waals surface area contributed by atoms with E-state index in [0.717, 1.165) is 27.4 Å².